The maximum atomic E-state index is 13.8. The summed E-state index contributed by atoms with van der Waals surface area (Å²) in [5, 5.41) is 14.1. The average molecular weight is 298 g/mol. The first-order valence-electron chi connectivity index (χ1n) is 6.92. The zero-order chi connectivity index (χ0) is 16.2. The average Bonchev–Trinajstić information content (AvgIpc) is 2.35. The largest absolute Gasteiger partial charge is 0.490 e. The van der Waals surface area contributed by atoms with Crippen LogP contribution in [0.2, 0.25) is 0 Å². The van der Waals surface area contributed by atoms with Crippen LogP contribution in [0.1, 0.15) is 33.3 Å². The molecule has 0 aliphatic rings. The molecule has 0 fully saturated rings. The molecular formula is C15H23FN2O3. The van der Waals surface area contributed by atoms with E-state index in [4.69, 9.17) is 4.74 Å². The number of halogens is 1. The molecule has 0 heterocycles. The van der Waals surface area contributed by atoms with E-state index in [1.165, 1.54) is 6.07 Å². The molecule has 0 radical (unpaired) electrons. The molecule has 1 aromatic rings. The lowest BCUT2D eigenvalue weighted by atomic mass is 10.1. The number of ether oxygens (including phenoxy) is 1. The van der Waals surface area contributed by atoms with E-state index >= 15 is 0 Å². The third kappa shape index (κ3) is 5.67. The van der Waals surface area contributed by atoms with Crippen LogP contribution in [0.4, 0.5) is 10.1 Å². The van der Waals surface area contributed by atoms with E-state index in [1.54, 1.807) is 6.92 Å². The lowest BCUT2D eigenvalue weighted by Gasteiger charge is -2.23. The first-order chi connectivity index (χ1) is 9.60. The third-order valence-corrected chi connectivity index (χ3v) is 2.95. The summed E-state index contributed by atoms with van der Waals surface area (Å²) >= 11 is 0. The summed E-state index contributed by atoms with van der Waals surface area (Å²) < 4.78 is 19.2. The monoisotopic (exact) mass is 298 g/mol. The predicted octanol–water partition coefficient (Wildman–Crippen LogP) is 3.45. The normalized spacial score (nSPS) is 13.0. The molecule has 0 saturated carbocycles. The van der Waals surface area contributed by atoms with Crippen LogP contribution < -0.4 is 10.1 Å². The van der Waals surface area contributed by atoms with Crippen LogP contribution in [-0.2, 0) is 0 Å². The van der Waals surface area contributed by atoms with Crippen molar-refractivity contribution in [2.24, 2.45) is 5.92 Å². The number of benzene rings is 1. The molecule has 0 saturated heterocycles. The van der Waals surface area contributed by atoms with Crippen LogP contribution in [-0.4, -0.2) is 23.6 Å². The number of hydrogen-bond acceptors (Lipinski definition) is 4. The number of nitro benzene ring substituents is 1. The summed E-state index contributed by atoms with van der Waals surface area (Å²) in [6.45, 7) is 10.9. The van der Waals surface area contributed by atoms with Gasteiger partial charge in [-0.2, -0.15) is 0 Å². The fourth-order valence-corrected chi connectivity index (χ4v) is 1.72. The SMILES string of the molecule is Cc1cc(OCC(C)CNC(C)(C)C)c(F)cc1[N+](=O)[O-]. The van der Waals surface area contributed by atoms with Gasteiger partial charge >= 0.3 is 0 Å². The van der Waals surface area contributed by atoms with Crippen molar-refractivity contribution in [3.8, 4) is 5.75 Å². The number of nitrogens with one attached hydrogen (secondary N) is 1. The van der Waals surface area contributed by atoms with Gasteiger partial charge in [0.2, 0.25) is 0 Å². The van der Waals surface area contributed by atoms with Crippen molar-refractivity contribution in [1.82, 2.24) is 5.32 Å². The van der Waals surface area contributed by atoms with Crippen molar-refractivity contribution in [2.75, 3.05) is 13.2 Å². The fourth-order valence-electron chi connectivity index (χ4n) is 1.72. The van der Waals surface area contributed by atoms with Gasteiger partial charge in [-0.15, -0.1) is 0 Å². The fraction of sp³-hybridized carbons (Fsp3) is 0.600. The minimum atomic E-state index is -0.705. The van der Waals surface area contributed by atoms with E-state index in [1.807, 2.05) is 6.92 Å². The van der Waals surface area contributed by atoms with Crippen LogP contribution in [0.25, 0.3) is 0 Å². The molecule has 1 unspecified atom stereocenters. The van der Waals surface area contributed by atoms with Gasteiger partial charge in [-0.05, 0) is 33.8 Å². The molecule has 0 aromatic heterocycles. The van der Waals surface area contributed by atoms with Gasteiger partial charge in [0.25, 0.3) is 5.69 Å². The van der Waals surface area contributed by atoms with Gasteiger partial charge in [0.05, 0.1) is 17.6 Å². The quantitative estimate of drug-likeness (QED) is 0.645. The summed E-state index contributed by atoms with van der Waals surface area (Å²) in [7, 11) is 0. The van der Waals surface area contributed by atoms with Crippen molar-refractivity contribution < 1.29 is 14.1 Å². The summed E-state index contributed by atoms with van der Waals surface area (Å²) in [4.78, 5) is 10.1. The van der Waals surface area contributed by atoms with Crippen molar-refractivity contribution in [2.45, 2.75) is 40.2 Å². The van der Waals surface area contributed by atoms with Crippen molar-refractivity contribution >= 4 is 5.69 Å². The van der Waals surface area contributed by atoms with Crippen LogP contribution in [0.15, 0.2) is 12.1 Å². The lowest BCUT2D eigenvalue weighted by molar-refractivity contribution is -0.385. The molecule has 0 amide bonds. The highest BCUT2D eigenvalue weighted by molar-refractivity contribution is 5.45. The van der Waals surface area contributed by atoms with Crippen LogP contribution in [0, 0.1) is 28.8 Å². The molecule has 5 nitrogen and oxygen atoms in total. The Morgan fingerprint density at radius 3 is 2.57 bits per heavy atom. The zero-order valence-electron chi connectivity index (χ0n) is 13.2. The summed E-state index contributed by atoms with van der Waals surface area (Å²) in [5.41, 5.74) is 0.169. The van der Waals surface area contributed by atoms with Crippen molar-refractivity contribution in [3.05, 3.63) is 33.6 Å². The topological polar surface area (TPSA) is 64.4 Å². The molecule has 6 heteroatoms. The molecule has 1 atom stereocenters. The van der Waals surface area contributed by atoms with E-state index in [9.17, 15) is 14.5 Å². The van der Waals surface area contributed by atoms with E-state index in [0.29, 0.717) is 12.2 Å². The molecule has 0 aliphatic carbocycles. The standard InChI is InChI=1S/C15H23FN2O3/c1-10(8-17-15(3,4)5)9-21-14-6-11(2)13(18(19)20)7-12(14)16/h6-7,10,17H,8-9H2,1-5H3. The highest BCUT2D eigenvalue weighted by atomic mass is 19.1. The van der Waals surface area contributed by atoms with Crippen molar-refractivity contribution in [1.29, 1.82) is 0 Å². The molecule has 21 heavy (non-hydrogen) atoms. The third-order valence-electron chi connectivity index (χ3n) is 2.95. The van der Waals surface area contributed by atoms with Crippen LogP contribution in [0.5, 0.6) is 5.75 Å². The summed E-state index contributed by atoms with van der Waals surface area (Å²) in [5.74, 6) is -0.455. The Kier molecular flexibility index (Phi) is 5.66. The number of nitrogens with zero attached hydrogens (tertiary/aromatic N) is 1. The molecule has 0 spiro atoms. The number of hydrogen-bond donors (Lipinski definition) is 1. The smallest absolute Gasteiger partial charge is 0.275 e. The molecular weight excluding hydrogens is 275 g/mol. The Balaban J connectivity index is 2.64. The van der Waals surface area contributed by atoms with Gasteiger partial charge < -0.3 is 10.1 Å². The minimum Gasteiger partial charge on any atom is -0.490 e. The summed E-state index contributed by atoms with van der Waals surface area (Å²) in [6, 6.07) is 2.28. The highest BCUT2D eigenvalue weighted by Gasteiger charge is 2.17. The molecule has 1 aromatic carbocycles. The zero-order valence-corrected chi connectivity index (χ0v) is 13.2. The van der Waals surface area contributed by atoms with E-state index in [-0.39, 0.29) is 22.9 Å². The Labute approximate surface area is 124 Å². The first-order valence-corrected chi connectivity index (χ1v) is 6.92. The Hall–Kier alpha value is -1.69. The van der Waals surface area contributed by atoms with Crippen LogP contribution in [0.3, 0.4) is 0 Å². The molecule has 0 bridgehead atoms. The maximum absolute atomic E-state index is 13.8. The Bertz CT molecular complexity index is 512. The molecule has 118 valence electrons. The highest BCUT2D eigenvalue weighted by Crippen LogP contribution is 2.27. The van der Waals surface area contributed by atoms with Gasteiger partial charge in [0.15, 0.2) is 11.6 Å². The molecule has 1 rings (SSSR count). The van der Waals surface area contributed by atoms with Crippen molar-refractivity contribution in [3.63, 3.8) is 0 Å². The number of aryl methyl sites for hydroxylation is 1. The van der Waals surface area contributed by atoms with E-state index in [2.05, 4.69) is 26.1 Å². The van der Waals surface area contributed by atoms with Gasteiger partial charge in [-0.25, -0.2) is 4.39 Å². The van der Waals surface area contributed by atoms with Gasteiger partial charge in [-0.1, -0.05) is 6.92 Å². The number of rotatable bonds is 6. The first kappa shape index (κ1) is 17.4. The second kappa shape index (κ2) is 6.85. The molecule has 1 N–H and O–H groups in total. The predicted molar refractivity (Wildman–Crippen MR) is 80.2 cm³/mol. The minimum absolute atomic E-state index is 0.0173. The molecule has 0 aliphatic heterocycles. The Morgan fingerprint density at radius 2 is 2.05 bits per heavy atom. The van der Waals surface area contributed by atoms with E-state index in [0.717, 1.165) is 12.6 Å². The van der Waals surface area contributed by atoms with Gasteiger partial charge in [-0.3, -0.25) is 10.1 Å². The summed E-state index contributed by atoms with van der Waals surface area (Å²) in [6.07, 6.45) is 0. The lowest BCUT2D eigenvalue weighted by Crippen LogP contribution is -2.39. The second-order valence-electron chi connectivity index (χ2n) is 6.37. The Morgan fingerprint density at radius 1 is 1.43 bits per heavy atom. The van der Waals surface area contributed by atoms with Crippen LogP contribution >= 0.6 is 0 Å². The maximum Gasteiger partial charge on any atom is 0.275 e. The van der Waals surface area contributed by atoms with E-state index < -0.39 is 10.7 Å². The second-order valence-corrected chi connectivity index (χ2v) is 6.37. The number of nitro groups is 1. The van der Waals surface area contributed by atoms with Gasteiger partial charge in [0, 0.05) is 23.6 Å². The van der Waals surface area contributed by atoms with Gasteiger partial charge in [0.1, 0.15) is 0 Å².